The number of carbonyl (C=O) groups excluding carboxylic acids is 1. The summed E-state index contributed by atoms with van der Waals surface area (Å²) in [5.41, 5.74) is 8.41. The van der Waals surface area contributed by atoms with E-state index in [2.05, 4.69) is 20.2 Å². The maximum absolute atomic E-state index is 11.5. The van der Waals surface area contributed by atoms with Crippen LogP contribution in [0.4, 0.5) is 0 Å². The van der Waals surface area contributed by atoms with Crippen molar-refractivity contribution in [2.24, 2.45) is 5.73 Å². The maximum Gasteiger partial charge on any atom is 0.269 e. The van der Waals surface area contributed by atoms with Crippen molar-refractivity contribution in [2.75, 3.05) is 0 Å². The smallest absolute Gasteiger partial charge is 0.269 e. The van der Waals surface area contributed by atoms with Gasteiger partial charge in [-0.2, -0.15) is 10.2 Å². The number of hydrogen-bond donors (Lipinski definition) is 1. The summed E-state index contributed by atoms with van der Waals surface area (Å²) in [4.78, 5) is 20.1. The van der Waals surface area contributed by atoms with Gasteiger partial charge in [0.1, 0.15) is 11.4 Å². The number of aryl methyl sites for hydroxylation is 1. The maximum atomic E-state index is 11.5. The molecule has 0 aliphatic heterocycles. The number of nitrogens with two attached hydrogens (primary N) is 1. The molecule has 4 rings (SSSR count). The lowest BCUT2D eigenvalue weighted by Crippen LogP contribution is -2.15. The molecule has 0 saturated carbocycles. The van der Waals surface area contributed by atoms with Gasteiger partial charge in [-0.25, -0.2) is 19.2 Å². The number of pyridine rings is 1. The van der Waals surface area contributed by atoms with Crippen LogP contribution in [-0.4, -0.2) is 35.3 Å². The Morgan fingerprint density at radius 2 is 2.04 bits per heavy atom. The van der Waals surface area contributed by atoms with Crippen LogP contribution in [0, 0.1) is 6.92 Å². The molecule has 0 atom stereocenters. The van der Waals surface area contributed by atoms with E-state index in [1.165, 1.54) is 10.7 Å². The first-order valence-electron chi connectivity index (χ1n) is 7.26. The number of rotatable bonds is 3. The normalized spacial score (nSPS) is 11.0. The zero-order chi connectivity index (χ0) is 16.7. The van der Waals surface area contributed by atoms with Crippen LogP contribution in [0.2, 0.25) is 0 Å². The van der Waals surface area contributed by atoms with Gasteiger partial charge in [-0.05, 0) is 37.3 Å². The van der Waals surface area contributed by atoms with E-state index in [1.54, 1.807) is 16.9 Å². The number of nitrogens with zero attached hydrogens (tertiary/aromatic N) is 6. The third-order valence-corrected chi connectivity index (χ3v) is 3.61. The predicted molar refractivity (Wildman–Crippen MR) is 86.6 cm³/mol. The number of imidazole rings is 1. The molecule has 8 heteroatoms. The highest BCUT2D eigenvalue weighted by molar-refractivity contribution is 5.91. The summed E-state index contributed by atoms with van der Waals surface area (Å²) in [6, 6.07) is 11.1. The van der Waals surface area contributed by atoms with Gasteiger partial charge < -0.3 is 5.73 Å². The Kier molecular flexibility index (Phi) is 3.09. The van der Waals surface area contributed by atoms with Crippen LogP contribution < -0.4 is 5.73 Å². The number of aromatic nitrogens is 6. The quantitative estimate of drug-likeness (QED) is 0.614. The third kappa shape index (κ3) is 2.21. The summed E-state index contributed by atoms with van der Waals surface area (Å²) in [6.45, 7) is 1.92. The second-order valence-corrected chi connectivity index (χ2v) is 5.26. The molecule has 0 saturated heterocycles. The molecule has 24 heavy (non-hydrogen) atoms. The highest BCUT2D eigenvalue weighted by atomic mass is 16.1. The lowest BCUT2D eigenvalue weighted by atomic mass is 10.3. The van der Waals surface area contributed by atoms with Gasteiger partial charge in [0.05, 0.1) is 18.1 Å². The molecule has 118 valence electrons. The van der Waals surface area contributed by atoms with Crippen LogP contribution in [0.5, 0.6) is 0 Å². The van der Waals surface area contributed by atoms with Gasteiger partial charge in [0, 0.05) is 5.69 Å². The standard InChI is InChI=1S/C16H13N7O/c1-10-3-2-4-15(20-10)22-12(7-8-19-22)11-5-6-14-18-9-13(16(17)24)23(14)21-11/h2-9H,1H3,(H2,17,24). The summed E-state index contributed by atoms with van der Waals surface area (Å²) in [5, 5.41) is 8.80. The number of amides is 1. The molecule has 0 radical (unpaired) electrons. The second-order valence-electron chi connectivity index (χ2n) is 5.26. The van der Waals surface area contributed by atoms with E-state index in [4.69, 9.17) is 5.73 Å². The van der Waals surface area contributed by atoms with Crippen molar-refractivity contribution in [2.45, 2.75) is 6.92 Å². The van der Waals surface area contributed by atoms with E-state index in [-0.39, 0.29) is 5.69 Å². The van der Waals surface area contributed by atoms with E-state index in [0.717, 1.165) is 11.4 Å². The molecule has 4 aromatic rings. The summed E-state index contributed by atoms with van der Waals surface area (Å²) < 4.78 is 3.13. The summed E-state index contributed by atoms with van der Waals surface area (Å²) in [6.07, 6.45) is 3.09. The van der Waals surface area contributed by atoms with E-state index in [1.807, 2.05) is 37.3 Å². The minimum Gasteiger partial charge on any atom is -0.364 e. The molecule has 0 bridgehead atoms. The van der Waals surface area contributed by atoms with Crippen molar-refractivity contribution in [1.82, 2.24) is 29.4 Å². The average Bonchev–Trinajstić information content (AvgIpc) is 3.21. The Labute approximate surface area is 136 Å². The highest BCUT2D eigenvalue weighted by Crippen LogP contribution is 2.20. The third-order valence-electron chi connectivity index (χ3n) is 3.61. The SMILES string of the molecule is Cc1cccc(-n2nccc2-c2ccc3ncc(C(N)=O)n3n2)n1. The molecule has 4 aromatic heterocycles. The Balaban J connectivity index is 1.88. The first-order valence-corrected chi connectivity index (χ1v) is 7.26. The summed E-state index contributed by atoms with van der Waals surface area (Å²) >= 11 is 0. The fraction of sp³-hybridized carbons (Fsp3) is 0.0625. The second kappa shape index (κ2) is 5.27. The van der Waals surface area contributed by atoms with Crippen LogP contribution in [-0.2, 0) is 0 Å². The molecule has 4 heterocycles. The van der Waals surface area contributed by atoms with Gasteiger partial charge in [-0.1, -0.05) is 6.07 Å². The van der Waals surface area contributed by atoms with E-state index >= 15 is 0 Å². The van der Waals surface area contributed by atoms with Crippen molar-refractivity contribution in [1.29, 1.82) is 0 Å². The molecule has 0 unspecified atom stereocenters. The number of hydrogen-bond acceptors (Lipinski definition) is 5. The van der Waals surface area contributed by atoms with Crippen molar-refractivity contribution in [3.8, 4) is 17.2 Å². The fourth-order valence-electron chi connectivity index (χ4n) is 2.50. The van der Waals surface area contributed by atoms with Gasteiger partial charge in [0.2, 0.25) is 0 Å². The lowest BCUT2D eigenvalue weighted by Gasteiger charge is -2.07. The Morgan fingerprint density at radius 1 is 1.17 bits per heavy atom. The van der Waals surface area contributed by atoms with Gasteiger partial charge >= 0.3 is 0 Å². The minimum absolute atomic E-state index is 0.228. The van der Waals surface area contributed by atoms with Gasteiger partial charge in [0.15, 0.2) is 11.5 Å². The molecule has 1 amide bonds. The lowest BCUT2D eigenvalue weighted by molar-refractivity contribution is 0.0993. The van der Waals surface area contributed by atoms with Gasteiger partial charge in [-0.15, -0.1) is 0 Å². The topological polar surface area (TPSA) is 104 Å². The molecule has 0 aliphatic carbocycles. The number of primary amides is 1. The van der Waals surface area contributed by atoms with Crippen molar-refractivity contribution in [3.05, 3.63) is 60.2 Å². The van der Waals surface area contributed by atoms with E-state index in [9.17, 15) is 4.79 Å². The van der Waals surface area contributed by atoms with Gasteiger partial charge in [0.25, 0.3) is 5.91 Å². The summed E-state index contributed by atoms with van der Waals surface area (Å²) in [7, 11) is 0. The fourth-order valence-corrected chi connectivity index (χ4v) is 2.50. The van der Waals surface area contributed by atoms with E-state index < -0.39 is 5.91 Å². The minimum atomic E-state index is -0.582. The van der Waals surface area contributed by atoms with Crippen LogP contribution in [0.25, 0.3) is 22.9 Å². The number of carbonyl (C=O) groups is 1. The largest absolute Gasteiger partial charge is 0.364 e. The first kappa shape index (κ1) is 14.1. The molecule has 0 spiro atoms. The molecule has 0 fully saturated rings. The van der Waals surface area contributed by atoms with Crippen LogP contribution in [0.3, 0.4) is 0 Å². The molecule has 8 nitrogen and oxygen atoms in total. The van der Waals surface area contributed by atoms with Crippen molar-refractivity contribution in [3.63, 3.8) is 0 Å². The van der Waals surface area contributed by atoms with Gasteiger partial charge in [-0.3, -0.25) is 4.79 Å². The van der Waals surface area contributed by atoms with E-state index in [0.29, 0.717) is 17.2 Å². The molecular formula is C16H13N7O. The Bertz CT molecular complexity index is 1060. The monoisotopic (exact) mass is 319 g/mol. The Morgan fingerprint density at radius 3 is 2.83 bits per heavy atom. The van der Waals surface area contributed by atoms with Crippen molar-refractivity contribution < 1.29 is 4.79 Å². The first-order chi connectivity index (χ1) is 11.6. The number of fused-ring (bicyclic) bond motifs is 1. The predicted octanol–water partition coefficient (Wildman–Crippen LogP) is 1.38. The van der Waals surface area contributed by atoms with Crippen LogP contribution in [0.1, 0.15) is 16.2 Å². The highest BCUT2D eigenvalue weighted by Gasteiger charge is 2.14. The van der Waals surface area contributed by atoms with Crippen molar-refractivity contribution >= 4 is 11.6 Å². The Hall–Kier alpha value is -3.55. The molecule has 0 aromatic carbocycles. The average molecular weight is 319 g/mol. The zero-order valence-corrected chi connectivity index (χ0v) is 12.8. The van der Waals surface area contributed by atoms with Crippen LogP contribution in [0.15, 0.2) is 48.8 Å². The zero-order valence-electron chi connectivity index (χ0n) is 12.8. The molecule has 2 N–H and O–H groups in total. The molecule has 0 aliphatic rings. The molecular weight excluding hydrogens is 306 g/mol. The summed E-state index contributed by atoms with van der Waals surface area (Å²) in [5.74, 6) is 0.110. The van der Waals surface area contributed by atoms with Crippen LogP contribution >= 0.6 is 0 Å².